The van der Waals surface area contributed by atoms with Gasteiger partial charge in [0.25, 0.3) is 0 Å². The Bertz CT molecular complexity index is 609. The van der Waals surface area contributed by atoms with Crippen molar-refractivity contribution >= 4 is 6.09 Å². The highest BCUT2D eigenvalue weighted by Crippen LogP contribution is 2.19. The molecule has 0 aliphatic carbocycles. The molecule has 1 N–H and O–H groups in total. The molecule has 1 amide bonds. The second-order valence-electron chi connectivity index (χ2n) is 5.90. The molecule has 0 saturated heterocycles. The Balaban J connectivity index is 1.94. The van der Waals surface area contributed by atoms with Crippen molar-refractivity contribution in [3.8, 4) is 11.3 Å². The molecule has 0 aliphatic heterocycles. The minimum Gasteiger partial charge on any atom is -0.444 e. The molecule has 1 heterocycles. The van der Waals surface area contributed by atoms with Crippen molar-refractivity contribution in [2.75, 3.05) is 0 Å². The minimum atomic E-state index is -0.515. The zero-order chi connectivity index (χ0) is 15.5. The Kier molecular flexibility index (Phi) is 4.31. The summed E-state index contributed by atoms with van der Waals surface area (Å²) in [6.07, 6.45) is -0.476. The van der Waals surface area contributed by atoms with E-state index in [1.807, 2.05) is 58.0 Å². The van der Waals surface area contributed by atoms with Crippen LogP contribution in [0.2, 0.25) is 0 Å². The number of ether oxygens (including phenoxy) is 1. The zero-order valence-corrected chi connectivity index (χ0v) is 12.8. The monoisotopic (exact) mass is 288 g/mol. The molecule has 2 rings (SSSR count). The molecule has 0 radical (unpaired) electrons. The van der Waals surface area contributed by atoms with Gasteiger partial charge in [0.15, 0.2) is 5.76 Å². The number of rotatable bonds is 3. The van der Waals surface area contributed by atoms with E-state index >= 15 is 0 Å². The van der Waals surface area contributed by atoms with E-state index in [4.69, 9.17) is 9.26 Å². The Morgan fingerprint density at radius 2 is 1.95 bits per heavy atom. The molecule has 112 valence electrons. The molecule has 1 aromatic carbocycles. The van der Waals surface area contributed by atoms with Crippen LogP contribution in [0.3, 0.4) is 0 Å². The fraction of sp³-hybridized carbons (Fsp3) is 0.375. The number of hydrogen-bond acceptors (Lipinski definition) is 4. The lowest BCUT2D eigenvalue weighted by molar-refractivity contribution is 0.0519. The van der Waals surface area contributed by atoms with Crippen molar-refractivity contribution in [1.82, 2.24) is 10.5 Å². The number of nitrogens with zero attached hydrogens (tertiary/aromatic N) is 1. The Morgan fingerprint density at radius 3 is 2.57 bits per heavy atom. The number of alkyl carbamates (subject to hydrolysis) is 1. The molecule has 0 spiro atoms. The molecule has 2 aromatic rings. The molecule has 1 aromatic heterocycles. The summed E-state index contributed by atoms with van der Waals surface area (Å²) < 4.78 is 10.4. The van der Waals surface area contributed by atoms with Gasteiger partial charge in [0.1, 0.15) is 11.3 Å². The van der Waals surface area contributed by atoms with Gasteiger partial charge in [0.2, 0.25) is 0 Å². The lowest BCUT2D eigenvalue weighted by atomic mass is 10.1. The molecular weight excluding hydrogens is 268 g/mol. The van der Waals surface area contributed by atoms with E-state index in [2.05, 4.69) is 10.5 Å². The first-order valence-corrected chi connectivity index (χ1v) is 6.83. The second-order valence-corrected chi connectivity index (χ2v) is 5.90. The smallest absolute Gasteiger partial charge is 0.408 e. The van der Waals surface area contributed by atoms with Crippen molar-refractivity contribution in [3.63, 3.8) is 0 Å². The van der Waals surface area contributed by atoms with E-state index in [-0.39, 0.29) is 6.54 Å². The number of carbonyl (C=O) groups excluding carboxylic acids is 1. The molecule has 0 aliphatic rings. The molecule has 0 atom stereocenters. The summed E-state index contributed by atoms with van der Waals surface area (Å²) in [5, 5.41) is 6.64. The van der Waals surface area contributed by atoms with Crippen molar-refractivity contribution in [2.45, 2.75) is 39.8 Å². The van der Waals surface area contributed by atoms with Crippen molar-refractivity contribution < 1.29 is 14.1 Å². The van der Waals surface area contributed by atoms with Crippen LogP contribution in [-0.2, 0) is 11.3 Å². The highest BCUT2D eigenvalue weighted by molar-refractivity contribution is 5.67. The molecule has 0 saturated carbocycles. The van der Waals surface area contributed by atoms with Gasteiger partial charge in [-0.15, -0.1) is 0 Å². The van der Waals surface area contributed by atoms with Gasteiger partial charge in [0.05, 0.1) is 6.54 Å². The minimum absolute atomic E-state index is 0.244. The predicted molar refractivity (Wildman–Crippen MR) is 79.7 cm³/mol. The number of benzene rings is 1. The number of hydrogen-bond donors (Lipinski definition) is 1. The quantitative estimate of drug-likeness (QED) is 0.935. The van der Waals surface area contributed by atoms with E-state index in [1.54, 1.807) is 0 Å². The molecule has 0 unspecified atom stereocenters. The van der Waals surface area contributed by atoms with Crippen LogP contribution in [0.25, 0.3) is 11.3 Å². The summed E-state index contributed by atoms with van der Waals surface area (Å²) in [5.41, 5.74) is 2.40. The molecule has 21 heavy (non-hydrogen) atoms. The van der Waals surface area contributed by atoms with Crippen LogP contribution in [0.5, 0.6) is 0 Å². The van der Waals surface area contributed by atoms with Gasteiger partial charge >= 0.3 is 6.09 Å². The third-order valence-electron chi connectivity index (χ3n) is 2.71. The first kappa shape index (κ1) is 15.1. The average Bonchev–Trinajstić information content (AvgIpc) is 2.84. The van der Waals surface area contributed by atoms with Crippen LogP contribution in [0.15, 0.2) is 34.9 Å². The number of carbonyl (C=O) groups is 1. The van der Waals surface area contributed by atoms with E-state index in [1.165, 1.54) is 5.56 Å². The van der Waals surface area contributed by atoms with E-state index in [0.717, 1.165) is 11.3 Å². The summed E-state index contributed by atoms with van der Waals surface area (Å²) in [6.45, 7) is 7.72. The molecule has 0 fully saturated rings. The van der Waals surface area contributed by atoms with E-state index in [0.29, 0.717) is 5.76 Å². The van der Waals surface area contributed by atoms with Crippen LogP contribution in [-0.4, -0.2) is 16.9 Å². The maximum Gasteiger partial charge on any atom is 0.408 e. The SMILES string of the molecule is Cc1ccc(-c2cc(CNC(=O)OC(C)(C)C)on2)cc1. The molecule has 0 bridgehead atoms. The number of aromatic nitrogens is 1. The summed E-state index contributed by atoms with van der Waals surface area (Å²) in [4.78, 5) is 11.6. The van der Waals surface area contributed by atoms with Gasteiger partial charge in [-0.1, -0.05) is 35.0 Å². The molecule has 5 nitrogen and oxygen atoms in total. The number of aryl methyl sites for hydroxylation is 1. The summed E-state index contributed by atoms with van der Waals surface area (Å²) >= 11 is 0. The Labute approximate surface area is 124 Å². The largest absolute Gasteiger partial charge is 0.444 e. The summed E-state index contributed by atoms with van der Waals surface area (Å²) in [5.74, 6) is 0.580. The zero-order valence-electron chi connectivity index (χ0n) is 12.8. The normalized spacial score (nSPS) is 11.2. The summed E-state index contributed by atoms with van der Waals surface area (Å²) in [7, 11) is 0. The van der Waals surface area contributed by atoms with Gasteiger partial charge < -0.3 is 14.6 Å². The van der Waals surface area contributed by atoms with Crippen molar-refractivity contribution in [1.29, 1.82) is 0 Å². The third-order valence-corrected chi connectivity index (χ3v) is 2.71. The Morgan fingerprint density at radius 1 is 1.29 bits per heavy atom. The topological polar surface area (TPSA) is 64.4 Å². The lowest BCUT2D eigenvalue weighted by Gasteiger charge is -2.19. The van der Waals surface area contributed by atoms with E-state index < -0.39 is 11.7 Å². The van der Waals surface area contributed by atoms with Crippen molar-refractivity contribution in [2.24, 2.45) is 0 Å². The van der Waals surface area contributed by atoms with Crippen LogP contribution < -0.4 is 5.32 Å². The van der Waals surface area contributed by atoms with Crippen LogP contribution >= 0.6 is 0 Å². The van der Waals surface area contributed by atoms with Crippen LogP contribution in [0, 0.1) is 6.92 Å². The van der Waals surface area contributed by atoms with Gasteiger partial charge in [-0.2, -0.15) is 0 Å². The fourth-order valence-electron chi connectivity index (χ4n) is 1.73. The Hall–Kier alpha value is -2.30. The molecular formula is C16H20N2O3. The predicted octanol–water partition coefficient (Wildman–Crippen LogP) is 3.67. The third kappa shape index (κ3) is 4.63. The summed E-state index contributed by atoms with van der Waals surface area (Å²) in [6, 6.07) is 9.81. The highest BCUT2D eigenvalue weighted by Gasteiger charge is 2.16. The van der Waals surface area contributed by atoms with Crippen molar-refractivity contribution in [3.05, 3.63) is 41.7 Å². The maximum atomic E-state index is 11.6. The second kappa shape index (κ2) is 5.99. The number of nitrogens with one attached hydrogen (secondary N) is 1. The first-order valence-electron chi connectivity index (χ1n) is 6.83. The van der Waals surface area contributed by atoms with Gasteiger partial charge in [0, 0.05) is 11.6 Å². The fourth-order valence-corrected chi connectivity index (χ4v) is 1.73. The van der Waals surface area contributed by atoms with Crippen LogP contribution in [0.4, 0.5) is 4.79 Å². The highest BCUT2D eigenvalue weighted by atomic mass is 16.6. The standard InChI is InChI=1S/C16H20N2O3/c1-11-5-7-12(8-6-11)14-9-13(21-18-14)10-17-15(19)20-16(2,3)4/h5-9H,10H2,1-4H3,(H,17,19). The van der Waals surface area contributed by atoms with E-state index in [9.17, 15) is 4.79 Å². The first-order chi connectivity index (χ1) is 9.83. The average molecular weight is 288 g/mol. The van der Waals surface area contributed by atoms with Gasteiger partial charge in [-0.05, 0) is 27.7 Å². The molecule has 5 heteroatoms. The number of amides is 1. The lowest BCUT2D eigenvalue weighted by Crippen LogP contribution is -2.32. The van der Waals surface area contributed by atoms with Gasteiger partial charge in [-0.3, -0.25) is 0 Å². The van der Waals surface area contributed by atoms with Crippen LogP contribution in [0.1, 0.15) is 32.1 Å². The van der Waals surface area contributed by atoms with Gasteiger partial charge in [-0.25, -0.2) is 4.79 Å². The maximum absolute atomic E-state index is 11.6.